The van der Waals surface area contributed by atoms with Gasteiger partial charge in [0.2, 0.25) is 0 Å². The molecule has 0 bridgehead atoms. The number of halogens is 1. The van der Waals surface area contributed by atoms with Crippen LogP contribution in [-0.2, 0) is 11.4 Å². The van der Waals surface area contributed by atoms with Crippen molar-refractivity contribution in [2.24, 2.45) is 0 Å². The second-order valence-electron chi connectivity index (χ2n) is 6.28. The van der Waals surface area contributed by atoms with E-state index in [1.165, 1.54) is 12.6 Å². The number of nitrogens with zero attached hydrogens (tertiary/aromatic N) is 1. The Labute approximate surface area is 176 Å². The van der Waals surface area contributed by atoms with Gasteiger partial charge in [-0.3, -0.25) is 14.5 Å². The molecule has 0 saturated carbocycles. The van der Waals surface area contributed by atoms with Crippen molar-refractivity contribution in [1.29, 1.82) is 0 Å². The maximum atomic E-state index is 12.1. The van der Waals surface area contributed by atoms with Gasteiger partial charge in [-0.1, -0.05) is 29.8 Å². The number of imide groups is 1. The van der Waals surface area contributed by atoms with Crippen LogP contribution in [0.3, 0.4) is 0 Å². The molecule has 2 aromatic carbocycles. The molecular weight excluding hydrogens is 442 g/mol. The molecule has 0 unspecified atom stereocenters. The number of aryl methyl sites for hydroxylation is 1. The number of hydrogen-bond donors (Lipinski definition) is 0. The van der Waals surface area contributed by atoms with Crippen LogP contribution in [0.1, 0.15) is 23.6 Å². The van der Waals surface area contributed by atoms with Gasteiger partial charge in [-0.05, 0) is 70.9 Å². The van der Waals surface area contributed by atoms with E-state index in [4.69, 9.17) is 9.47 Å². The Balaban J connectivity index is 1.86. The fraction of sp³-hybridized carbons (Fsp3) is 0.238. The van der Waals surface area contributed by atoms with E-state index >= 15 is 0 Å². The number of thioether (sulfide) groups is 1. The average molecular weight is 462 g/mol. The molecule has 5 nitrogen and oxygen atoms in total. The van der Waals surface area contributed by atoms with Gasteiger partial charge >= 0.3 is 0 Å². The van der Waals surface area contributed by atoms with Gasteiger partial charge in [-0.25, -0.2) is 0 Å². The molecule has 0 N–H and O–H groups in total. The summed E-state index contributed by atoms with van der Waals surface area (Å²) in [6, 6.07) is 11.8. The SMILES string of the molecule is CCOc1cc(/C=C2\SC(=O)N(C)C2=O)cc(Br)c1OCc1ccc(C)cc1. The van der Waals surface area contributed by atoms with Crippen molar-refractivity contribution in [1.82, 2.24) is 4.90 Å². The monoisotopic (exact) mass is 461 g/mol. The first-order chi connectivity index (χ1) is 13.4. The number of ether oxygens (including phenoxy) is 2. The molecule has 1 heterocycles. The first kappa shape index (κ1) is 20.5. The maximum Gasteiger partial charge on any atom is 0.293 e. The van der Waals surface area contributed by atoms with Crippen molar-refractivity contribution in [3.8, 4) is 11.5 Å². The van der Waals surface area contributed by atoms with Crippen LogP contribution in [0, 0.1) is 6.92 Å². The van der Waals surface area contributed by atoms with Gasteiger partial charge in [-0.2, -0.15) is 0 Å². The van der Waals surface area contributed by atoms with Crippen molar-refractivity contribution in [3.05, 3.63) is 62.5 Å². The summed E-state index contributed by atoms with van der Waals surface area (Å²) >= 11 is 4.46. The summed E-state index contributed by atoms with van der Waals surface area (Å²) in [5, 5.41) is -0.279. The zero-order valence-electron chi connectivity index (χ0n) is 15.8. The maximum absolute atomic E-state index is 12.1. The molecule has 3 rings (SSSR count). The fourth-order valence-electron chi connectivity index (χ4n) is 2.61. The summed E-state index contributed by atoms with van der Waals surface area (Å²) in [4.78, 5) is 25.3. The highest BCUT2D eigenvalue weighted by molar-refractivity contribution is 9.10. The third kappa shape index (κ3) is 4.59. The molecule has 0 aromatic heterocycles. The fourth-order valence-corrected chi connectivity index (χ4v) is 4.01. The van der Waals surface area contributed by atoms with Crippen molar-refractivity contribution >= 4 is 44.9 Å². The van der Waals surface area contributed by atoms with E-state index in [1.807, 2.05) is 50.2 Å². The quantitative estimate of drug-likeness (QED) is 0.538. The van der Waals surface area contributed by atoms with Crippen molar-refractivity contribution in [3.63, 3.8) is 0 Å². The summed E-state index contributed by atoms with van der Waals surface area (Å²) in [6.07, 6.45) is 1.69. The Bertz CT molecular complexity index is 940. The number of hydrogen-bond acceptors (Lipinski definition) is 5. The Morgan fingerprint density at radius 2 is 1.86 bits per heavy atom. The number of carbonyl (C=O) groups excluding carboxylic acids is 2. The molecule has 1 fully saturated rings. The number of carbonyl (C=O) groups is 2. The summed E-state index contributed by atoms with van der Waals surface area (Å²) in [5.74, 6) is 0.873. The van der Waals surface area contributed by atoms with E-state index in [0.29, 0.717) is 34.1 Å². The van der Waals surface area contributed by atoms with Crippen molar-refractivity contribution in [2.45, 2.75) is 20.5 Å². The van der Waals surface area contributed by atoms with E-state index in [1.54, 1.807) is 6.08 Å². The van der Waals surface area contributed by atoms with Crippen molar-refractivity contribution < 1.29 is 19.1 Å². The topological polar surface area (TPSA) is 55.8 Å². The van der Waals surface area contributed by atoms with E-state index in [0.717, 1.165) is 27.8 Å². The summed E-state index contributed by atoms with van der Waals surface area (Å²) in [7, 11) is 1.47. The minimum Gasteiger partial charge on any atom is -0.490 e. The first-order valence-corrected chi connectivity index (χ1v) is 10.4. The molecule has 2 amide bonds. The van der Waals surface area contributed by atoms with Gasteiger partial charge in [0, 0.05) is 7.05 Å². The van der Waals surface area contributed by atoms with Crippen LogP contribution in [0.4, 0.5) is 4.79 Å². The zero-order chi connectivity index (χ0) is 20.3. The highest BCUT2D eigenvalue weighted by atomic mass is 79.9. The molecule has 1 aliphatic rings. The zero-order valence-corrected chi connectivity index (χ0v) is 18.2. The smallest absolute Gasteiger partial charge is 0.293 e. The molecule has 1 aliphatic heterocycles. The van der Waals surface area contributed by atoms with Crippen LogP contribution in [0.25, 0.3) is 6.08 Å². The molecule has 1 saturated heterocycles. The van der Waals surface area contributed by atoms with E-state index in [-0.39, 0.29) is 11.1 Å². The summed E-state index contributed by atoms with van der Waals surface area (Å²) in [6.45, 7) is 4.82. The molecule has 0 radical (unpaired) electrons. The van der Waals surface area contributed by atoms with Crippen LogP contribution < -0.4 is 9.47 Å². The lowest BCUT2D eigenvalue weighted by atomic mass is 10.1. The lowest BCUT2D eigenvalue weighted by Crippen LogP contribution is -2.22. The molecular formula is C21H20BrNO4S. The Kier molecular flexibility index (Phi) is 6.46. The second-order valence-corrected chi connectivity index (χ2v) is 8.13. The van der Waals surface area contributed by atoms with Crippen LogP contribution in [0.2, 0.25) is 0 Å². The summed E-state index contributed by atoms with van der Waals surface area (Å²) < 4.78 is 12.5. The van der Waals surface area contributed by atoms with E-state index < -0.39 is 0 Å². The number of likely N-dealkylation sites (N-methyl/N-ethyl adjacent to an activating group) is 1. The predicted molar refractivity (Wildman–Crippen MR) is 115 cm³/mol. The van der Waals surface area contributed by atoms with Gasteiger partial charge in [0.1, 0.15) is 6.61 Å². The van der Waals surface area contributed by atoms with Gasteiger partial charge in [0.05, 0.1) is 16.0 Å². The number of amides is 2. The predicted octanol–water partition coefficient (Wildman–Crippen LogP) is 5.40. The summed E-state index contributed by atoms with van der Waals surface area (Å²) in [5.41, 5.74) is 3.00. The highest BCUT2D eigenvalue weighted by Gasteiger charge is 2.31. The van der Waals surface area contributed by atoms with Crippen molar-refractivity contribution in [2.75, 3.05) is 13.7 Å². The first-order valence-electron chi connectivity index (χ1n) is 8.75. The standard InChI is InChI=1S/C21H20BrNO4S/c1-4-26-17-10-15(11-18-20(24)23(3)21(25)28-18)9-16(22)19(17)27-12-14-7-5-13(2)6-8-14/h5-11H,4,12H2,1-3H3/b18-11-. The van der Waals surface area contributed by atoms with E-state index in [9.17, 15) is 9.59 Å². The van der Waals surface area contributed by atoms with Crippen LogP contribution in [0.5, 0.6) is 11.5 Å². The Morgan fingerprint density at radius 3 is 2.46 bits per heavy atom. The second kappa shape index (κ2) is 8.84. The van der Waals surface area contributed by atoms with Gasteiger partial charge in [0.25, 0.3) is 11.1 Å². The van der Waals surface area contributed by atoms with Gasteiger partial charge < -0.3 is 9.47 Å². The van der Waals surface area contributed by atoms with Crippen LogP contribution in [0.15, 0.2) is 45.8 Å². The lowest BCUT2D eigenvalue weighted by molar-refractivity contribution is -0.121. The third-order valence-corrected chi connectivity index (χ3v) is 5.67. The number of rotatable bonds is 6. The minimum atomic E-state index is -0.302. The van der Waals surface area contributed by atoms with Gasteiger partial charge in [0.15, 0.2) is 11.5 Å². The lowest BCUT2D eigenvalue weighted by Gasteiger charge is -2.15. The molecule has 7 heteroatoms. The Hall–Kier alpha value is -2.25. The van der Waals surface area contributed by atoms with Crippen LogP contribution >= 0.6 is 27.7 Å². The molecule has 2 aromatic rings. The normalized spacial score (nSPS) is 15.4. The molecule has 146 valence electrons. The molecule has 0 atom stereocenters. The molecule has 0 aliphatic carbocycles. The van der Waals surface area contributed by atoms with E-state index in [2.05, 4.69) is 15.9 Å². The van der Waals surface area contributed by atoms with Gasteiger partial charge in [-0.15, -0.1) is 0 Å². The largest absolute Gasteiger partial charge is 0.490 e. The molecule has 0 spiro atoms. The Morgan fingerprint density at radius 1 is 1.14 bits per heavy atom. The number of benzene rings is 2. The third-order valence-electron chi connectivity index (χ3n) is 4.12. The average Bonchev–Trinajstić information content (AvgIpc) is 2.89. The highest BCUT2D eigenvalue weighted by Crippen LogP contribution is 2.39. The molecule has 28 heavy (non-hydrogen) atoms. The van der Waals surface area contributed by atoms with Crippen LogP contribution in [-0.4, -0.2) is 29.7 Å². The minimum absolute atomic E-state index is 0.279.